The van der Waals surface area contributed by atoms with Gasteiger partial charge in [-0.15, -0.1) is 0 Å². The molecule has 0 atom stereocenters. The molecule has 6 rings (SSSR count). The Kier molecular flexibility index (Phi) is 6.34. The molecule has 0 bridgehead atoms. The molecule has 0 N–H and O–H groups in total. The van der Waals surface area contributed by atoms with Gasteiger partial charge in [0.05, 0.1) is 11.0 Å². The Morgan fingerprint density at radius 2 is 0.867 bits per heavy atom. The fourth-order valence-corrected chi connectivity index (χ4v) is 3.07. The summed E-state index contributed by atoms with van der Waals surface area (Å²) in [4.78, 5) is 12.2. The fourth-order valence-electron chi connectivity index (χ4n) is 3.07. The molecule has 0 spiro atoms. The fraction of sp³-hybridized carbons (Fsp3) is 0. The van der Waals surface area contributed by atoms with Crippen LogP contribution in [0, 0.1) is 0 Å². The number of nitrogens with zero attached hydrogens (tertiary/aromatic N) is 3. The minimum Gasteiger partial charge on any atom is -0.256 e. The second kappa shape index (κ2) is 9.89. The van der Waals surface area contributed by atoms with E-state index >= 15 is 0 Å². The minimum atomic E-state index is 0.998. The van der Waals surface area contributed by atoms with Crippen molar-refractivity contribution in [3.8, 4) is 0 Å². The zero-order valence-corrected chi connectivity index (χ0v) is 16.5. The van der Waals surface area contributed by atoms with E-state index in [0.717, 1.165) is 16.4 Å². The molecule has 3 nitrogen and oxygen atoms in total. The average molecular weight is 387 g/mol. The van der Waals surface area contributed by atoms with Crippen molar-refractivity contribution in [3.05, 3.63) is 128 Å². The lowest BCUT2D eigenvalue weighted by Crippen LogP contribution is -1.77. The third-order valence-corrected chi connectivity index (χ3v) is 4.58. The SMILES string of the molecule is c1ccc2ccccc2c1.c1ccc2ncccc2c1.c1ccc2ncncc2c1. The summed E-state index contributed by atoms with van der Waals surface area (Å²) in [7, 11) is 0. The summed E-state index contributed by atoms with van der Waals surface area (Å²) >= 11 is 0. The van der Waals surface area contributed by atoms with Gasteiger partial charge in [-0.05, 0) is 29.0 Å². The van der Waals surface area contributed by atoms with Crippen LogP contribution in [0.5, 0.6) is 0 Å². The first-order chi connectivity index (χ1) is 14.9. The molecule has 0 saturated carbocycles. The van der Waals surface area contributed by atoms with E-state index in [4.69, 9.17) is 0 Å². The van der Waals surface area contributed by atoms with E-state index in [1.54, 1.807) is 6.33 Å². The summed E-state index contributed by atoms with van der Waals surface area (Å²) < 4.78 is 0. The standard InChI is InChI=1S/C10H8.C9H7N.C8H6N2/c1-2-6-10-8-4-3-7-9(10)5-1;1-2-6-9-8(4-1)5-3-7-10-9;1-2-4-8-7(3-1)5-9-6-10-8/h1-8H;1-7H;1-6H. The first-order valence-corrected chi connectivity index (χ1v) is 9.78. The van der Waals surface area contributed by atoms with Crippen LogP contribution in [0.3, 0.4) is 0 Å². The number of aromatic nitrogens is 3. The summed E-state index contributed by atoms with van der Waals surface area (Å²) in [6.07, 6.45) is 5.17. The van der Waals surface area contributed by atoms with Crippen molar-refractivity contribution in [2.45, 2.75) is 0 Å². The summed E-state index contributed by atoms with van der Waals surface area (Å²) in [6.45, 7) is 0. The van der Waals surface area contributed by atoms with Crippen LogP contribution >= 0.6 is 0 Å². The van der Waals surface area contributed by atoms with Crippen molar-refractivity contribution < 1.29 is 0 Å². The van der Waals surface area contributed by atoms with E-state index in [0.29, 0.717) is 0 Å². The van der Waals surface area contributed by atoms with Gasteiger partial charge in [-0.25, -0.2) is 9.97 Å². The highest BCUT2D eigenvalue weighted by molar-refractivity contribution is 5.82. The van der Waals surface area contributed by atoms with Gasteiger partial charge in [0, 0.05) is 23.2 Å². The quantitative estimate of drug-likeness (QED) is 0.291. The Hall–Kier alpha value is -4.11. The van der Waals surface area contributed by atoms with Gasteiger partial charge in [-0.2, -0.15) is 0 Å². The van der Waals surface area contributed by atoms with Crippen LogP contribution in [0.25, 0.3) is 32.6 Å². The van der Waals surface area contributed by atoms with Crippen LogP contribution in [-0.4, -0.2) is 15.0 Å². The summed E-state index contributed by atoms with van der Waals surface area (Å²) in [5.74, 6) is 0. The third-order valence-electron chi connectivity index (χ3n) is 4.58. The second-order valence-electron chi connectivity index (χ2n) is 6.62. The van der Waals surface area contributed by atoms with Crippen molar-refractivity contribution in [2.75, 3.05) is 0 Å². The first kappa shape index (κ1) is 19.2. The van der Waals surface area contributed by atoms with Gasteiger partial charge in [0.2, 0.25) is 0 Å². The first-order valence-electron chi connectivity index (χ1n) is 9.78. The van der Waals surface area contributed by atoms with Crippen molar-refractivity contribution in [1.82, 2.24) is 15.0 Å². The number of hydrogen-bond acceptors (Lipinski definition) is 3. The van der Waals surface area contributed by atoms with Crippen LogP contribution in [0.4, 0.5) is 0 Å². The van der Waals surface area contributed by atoms with Crippen molar-refractivity contribution in [2.24, 2.45) is 0 Å². The van der Waals surface area contributed by atoms with Crippen molar-refractivity contribution in [3.63, 3.8) is 0 Å². The number of pyridine rings is 1. The van der Waals surface area contributed by atoms with Gasteiger partial charge in [0.25, 0.3) is 0 Å². The number of para-hydroxylation sites is 2. The molecule has 0 unspecified atom stereocenters. The number of benzene rings is 4. The molecule has 0 radical (unpaired) electrons. The predicted molar refractivity (Wildman–Crippen MR) is 125 cm³/mol. The molecular formula is C27H21N3. The molecule has 144 valence electrons. The van der Waals surface area contributed by atoms with Crippen molar-refractivity contribution >= 4 is 32.6 Å². The molecule has 0 aliphatic carbocycles. The minimum absolute atomic E-state index is 0.998. The zero-order valence-electron chi connectivity index (χ0n) is 16.5. The molecule has 4 aromatic carbocycles. The van der Waals surface area contributed by atoms with Gasteiger partial charge in [-0.1, -0.05) is 91.0 Å². The van der Waals surface area contributed by atoms with Crippen LogP contribution < -0.4 is 0 Å². The smallest absolute Gasteiger partial charge is 0.116 e. The van der Waals surface area contributed by atoms with Gasteiger partial charge in [0.1, 0.15) is 6.33 Å². The Bertz CT molecular complexity index is 997. The molecular weight excluding hydrogens is 366 g/mol. The van der Waals surface area contributed by atoms with Gasteiger partial charge >= 0.3 is 0 Å². The molecule has 0 aliphatic heterocycles. The van der Waals surface area contributed by atoms with Crippen molar-refractivity contribution in [1.29, 1.82) is 0 Å². The second-order valence-corrected chi connectivity index (χ2v) is 6.62. The summed E-state index contributed by atoms with van der Waals surface area (Å²) in [5, 5.41) is 4.91. The predicted octanol–water partition coefficient (Wildman–Crippen LogP) is 6.70. The third kappa shape index (κ3) is 5.03. The molecule has 3 heteroatoms. The van der Waals surface area contributed by atoms with Gasteiger partial charge in [0.15, 0.2) is 0 Å². The van der Waals surface area contributed by atoms with Gasteiger partial charge in [-0.3, -0.25) is 4.98 Å². The molecule has 2 heterocycles. The molecule has 0 aliphatic rings. The summed E-state index contributed by atoms with van der Waals surface area (Å²) in [6, 6.07) is 36.7. The van der Waals surface area contributed by atoms with E-state index in [9.17, 15) is 0 Å². The van der Waals surface area contributed by atoms with E-state index in [1.807, 2.05) is 60.9 Å². The Labute approximate surface area is 175 Å². The maximum absolute atomic E-state index is 4.18. The largest absolute Gasteiger partial charge is 0.256 e. The highest BCUT2D eigenvalue weighted by atomic mass is 14.8. The van der Waals surface area contributed by atoms with E-state index in [-0.39, 0.29) is 0 Å². The maximum atomic E-state index is 4.18. The summed E-state index contributed by atoms with van der Waals surface area (Å²) in [5.41, 5.74) is 2.06. The van der Waals surface area contributed by atoms with E-state index in [1.165, 1.54) is 16.2 Å². The monoisotopic (exact) mass is 387 g/mol. The molecule has 30 heavy (non-hydrogen) atoms. The molecule has 0 saturated heterocycles. The van der Waals surface area contributed by atoms with Crippen LogP contribution in [0.2, 0.25) is 0 Å². The number of fused-ring (bicyclic) bond motifs is 3. The lowest BCUT2D eigenvalue weighted by molar-refractivity contribution is 1.22. The Morgan fingerprint density at radius 1 is 0.400 bits per heavy atom. The van der Waals surface area contributed by atoms with Crippen LogP contribution in [0.1, 0.15) is 0 Å². The van der Waals surface area contributed by atoms with Gasteiger partial charge < -0.3 is 0 Å². The maximum Gasteiger partial charge on any atom is 0.116 e. The van der Waals surface area contributed by atoms with Crippen LogP contribution in [0.15, 0.2) is 128 Å². The highest BCUT2D eigenvalue weighted by Gasteiger charge is 1.88. The lowest BCUT2D eigenvalue weighted by Gasteiger charge is -1.92. The molecule has 0 amide bonds. The van der Waals surface area contributed by atoms with Crippen LogP contribution in [-0.2, 0) is 0 Å². The topological polar surface area (TPSA) is 38.7 Å². The zero-order chi connectivity index (χ0) is 20.4. The number of rotatable bonds is 0. The van der Waals surface area contributed by atoms with E-state index < -0.39 is 0 Å². The normalized spacial score (nSPS) is 10.0. The molecule has 6 aromatic rings. The van der Waals surface area contributed by atoms with E-state index in [2.05, 4.69) is 75.6 Å². The number of hydrogen-bond donors (Lipinski definition) is 0. The Morgan fingerprint density at radius 3 is 1.43 bits per heavy atom. The Balaban J connectivity index is 0.000000109. The molecule has 0 fully saturated rings. The lowest BCUT2D eigenvalue weighted by atomic mass is 10.1. The average Bonchev–Trinajstić information content (AvgIpc) is 2.85. The molecule has 2 aromatic heterocycles. The highest BCUT2D eigenvalue weighted by Crippen LogP contribution is 2.11.